The number of carbonyl (C=O) groups is 2. The first-order chi connectivity index (χ1) is 14.2. The van der Waals surface area contributed by atoms with E-state index in [0.29, 0.717) is 17.9 Å². The second kappa shape index (κ2) is 11.1. The first kappa shape index (κ1) is 23.9. The van der Waals surface area contributed by atoms with Crippen molar-refractivity contribution < 1.29 is 27.5 Å². The highest BCUT2D eigenvalue weighted by Crippen LogP contribution is 2.36. The summed E-state index contributed by atoms with van der Waals surface area (Å²) in [6.07, 6.45) is -2.52. The van der Waals surface area contributed by atoms with Crippen LogP contribution in [0.4, 0.5) is 18.9 Å². The molecular weight excluding hydrogens is 441 g/mol. The van der Waals surface area contributed by atoms with Crippen molar-refractivity contribution in [1.82, 2.24) is 5.32 Å². The largest absolute Gasteiger partial charge is 0.484 e. The third-order valence-corrected chi connectivity index (χ3v) is 4.89. The first-order valence-electron chi connectivity index (χ1n) is 8.84. The average molecular weight is 461 g/mol. The normalized spacial score (nSPS) is 12.2. The number of para-hydroxylation sites is 1. The Bertz CT molecular complexity index is 866. The summed E-state index contributed by atoms with van der Waals surface area (Å²) in [4.78, 5) is 24.8. The van der Waals surface area contributed by atoms with E-state index >= 15 is 0 Å². The van der Waals surface area contributed by atoms with Crippen molar-refractivity contribution in [2.45, 2.75) is 18.6 Å². The molecule has 2 rings (SSSR count). The highest BCUT2D eigenvalue weighted by atomic mass is 35.5. The zero-order chi connectivity index (χ0) is 22.1. The maximum absolute atomic E-state index is 13.0. The number of amides is 2. The van der Waals surface area contributed by atoms with Crippen LogP contribution in [-0.2, 0) is 15.8 Å². The zero-order valence-electron chi connectivity index (χ0n) is 16.0. The Hall–Kier alpha value is -2.39. The molecule has 0 saturated heterocycles. The molecule has 10 heteroatoms. The Morgan fingerprint density at radius 2 is 1.87 bits per heavy atom. The van der Waals surface area contributed by atoms with Gasteiger partial charge < -0.3 is 15.4 Å². The minimum Gasteiger partial charge on any atom is -0.484 e. The molecule has 5 nitrogen and oxygen atoms in total. The number of rotatable bonds is 9. The van der Waals surface area contributed by atoms with Crippen molar-refractivity contribution >= 4 is 40.9 Å². The lowest BCUT2D eigenvalue weighted by Gasteiger charge is -2.19. The maximum Gasteiger partial charge on any atom is 0.417 e. The molecule has 30 heavy (non-hydrogen) atoms. The fraction of sp³-hybridized carbons (Fsp3) is 0.300. The van der Waals surface area contributed by atoms with Gasteiger partial charge in [-0.25, -0.2) is 0 Å². The Labute approximate surface area is 181 Å². The molecule has 0 heterocycles. The number of hydrogen-bond acceptors (Lipinski definition) is 4. The van der Waals surface area contributed by atoms with E-state index in [1.54, 1.807) is 30.3 Å². The van der Waals surface area contributed by atoms with Gasteiger partial charge in [-0.2, -0.15) is 24.9 Å². The van der Waals surface area contributed by atoms with Gasteiger partial charge in [0, 0.05) is 5.69 Å². The van der Waals surface area contributed by atoms with Gasteiger partial charge in [-0.15, -0.1) is 0 Å². The summed E-state index contributed by atoms with van der Waals surface area (Å²) in [7, 11) is 0. The summed E-state index contributed by atoms with van der Waals surface area (Å²) in [5.74, 6) is -0.0925. The highest BCUT2D eigenvalue weighted by Gasteiger charge is 2.33. The predicted molar refractivity (Wildman–Crippen MR) is 112 cm³/mol. The van der Waals surface area contributed by atoms with Gasteiger partial charge in [0.1, 0.15) is 11.8 Å². The van der Waals surface area contributed by atoms with Crippen LogP contribution in [0.25, 0.3) is 0 Å². The third-order valence-electron chi connectivity index (χ3n) is 3.91. The topological polar surface area (TPSA) is 67.4 Å². The molecule has 2 aromatic rings. The molecular formula is C20H20ClF3N2O3S. The minimum atomic E-state index is -4.65. The second-order valence-corrected chi connectivity index (χ2v) is 7.58. The van der Waals surface area contributed by atoms with Gasteiger partial charge in [-0.3, -0.25) is 9.59 Å². The van der Waals surface area contributed by atoms with Crippen LogP contribution in [-0.4, -0.2) is 36.5 Å². The first-order valence-corrected chi connectivity index (χ1v) is 10.6. The van der Waals surface area contributed by atoms with E-state index in [2.05, 4.69) is 10.6 Å². The molecule has 0 saturated carbocycles. The second-order valence-electron chi connectivity index (χ2n) is 6.18. The van der Waals surface area contributed by atoms with Crippen LogP contribution >= 0.6 is 23.4 Å². The van der Waals surface area contributed by atoms with Gasteiger partial charge >= 0.3 is 6.18 Å². The Morgan fingerprint density at radius 1 is 1.17 bits per heavy atom. The number of hydrogen-bond donors (Lipinski definition) is 2. The molecule has 0 spiro atoms. The van der Waals surface area contributed by atoms with Crippen molar-refractivity contribution in [3.8, 4) is 5.75 Å². The van der Waals surface area contributed by atoms with E-state index in [9.17, 15) is 22.8 Å². The lowest BCUT2D eigenvalue weighted by molar-refractivity contribution is -0.137. The molecule has 0 bridgehead atoms. The van der Waals surface area contributed by atoms with Crippen LogP contribution in [0.5, 0.6) is 5.75 Å². The molecule has 0 aromatic heterocycles. The highest BCUT2D eigenvalue weighted by molar-refractivity contribution is 7.98. The summed E-state index contributed by atoms with van der Waals surface area (Å²) in [5.41, 5.74) is -1.12. The Morgan fingerprint density at radius 3 is 2.50 bits per heavy atom. The molecule has 1 atom stereocenters. The number of ether oxygens (including phenoxy) is 1. The standard InChI is InChI=1S/C20H20ClF3N2O3S/c1-30-10-9-17(26-18(27)12-29-14-5-3-2-4-6-14)19(28)25-13-7-8-16(21)15(11-13)20(22,23)24/h2-8,11,17H,9-10,12H2,1H3,(H,25,28)(H,26,27). The van der Waals surface area contributed by atoms with E-state index in [1.807, 2.05) is 6.26 Å². The molecule has 2 amide bonds. The van der Waals surface area contributed by atoms with E-state index in [0.717, 1.165) is 12.1 Å². The van der Waals surface area contributed by atoms with Crippen LogP contribution in [0.1, 0.15) is 12.0 Å². The summed E-state index contributed by atoms with van der Waals surface area (Å²) in [5, 5.41) is 4.50. The number of halogens is 4. The quantitative estimate of drug-likeness (QED) is 0.573. The fourth-order valence-electron chi connectivity index (χ4n) is 2.46. The molecule has 0 aliphatic rings. The van der Waals surface area contributed by atoms with Gasteiger partial charge in [0.25, 0.3) is 5.91 Å². The van der Waals surface area contributed by atoms with Gasteiger partial charge in [0.15, 0.2) is 6.61 Å². The third kappa shape index (κ3) is 7.46. The van der Waals surface area contributed by atoms with Gasteiger partial charge in [0.2, 0.25) is 5.91 Å². The van der Waals surface area contributed by atoms with Crippen LogP contribution in [0.2, 0.25) is 5.02 Å². The Balaban J connectivity index is 2.03. The number of carbonyl (C=O) groups excluding carboxylic acids is 2. The molecule has 2 aromatic carbocycles. The number of alkyl halides is 3. The van der Waals surface area contributed by atoms with E-state index < -0.39 is 34.6 Å². The fourth-order valence-corrected chi connectivity index (χ4v) is 3.15. The zero-order valence-corrected chi connectivity index (χ0v) is 17.5. The summed E-state index contributed by atoms with van der Waals surface area (Å²) in [6, 6.07) is 10.8. The van der Waals surface area contributed by atoms with Crippen molar-refractivity contribution in [2.24, 2.45) is 0 Å². The molecule has 0 aliphatic heterocycles. The van der Waals surface area contributed by atoms with Gasteiger partial charge in [0.05, 0.1) is 10.6 Å². The van der Waals surface area contributed by atoms with E-state index in [1.165, 1.54) is 17.8 Å². The SMILES string of the molecule is CSCCC(NC(=O)COc1ccccc1)C(=O)Nc1ccc(Cl)c(C(F)(F)F)c1. The number of thioether (sulfide) groups is 1. The number of nitrogens with one attached hydrogen (secondary N) is 2. The van der Waals surface area contributed by atoms with Gasteiger partial charge in [-0.05, 0) is 48.8 Å². The van der Waals surface area contributed by atoms with E-state index in [4.69, 9.17) is 16.3 Å². The van der Waals surface area contributed by atoms with Crippen LogP contribution in [0.15, 0.2) is 48.5 Å². The molecule has 0 aliphatic carbocycles. The molecule has 162 valence electrons. The molecule has 2 N–H and O–H groups in total. The molecule has 0 radical (unpaired) electrons. The maximum atomic E-state index is 13.0. The Kier molecular flexibility index (Phi) is 8.86. The lowest BCUT2D eigenvalue weighted by atomic mass is 10.1. The average Bonchev–Trinajstić information content (AvgIpc) is 2.70. The molecule has 0 fully saturated rings. The van der Waals surface area contributed by atoms with Crippen molar-refractivity contribution in [1.29, 1.82) is 0 Å². The van der Waals surface area contributed by atoms with Crippen molar-refractivity contribution in [2.75, 3.05) is 23.9 Å². The monoisotopic (exact) mass is 460 g/mol. The van der Waals surface area contributed by atoms with Crippen LogP contribution in [0, 0.1) is 0 Å². The smallest absolute Gasteiger partial charge is 0.417 e. The predicted octanol–water partition coefficient (Wildman–Crippen LogP) is 4.61. The van der Waals surface area contributed by atoms with Gasteiger partial charge in [-0.1, -0.05) is 29.8 Å². The number of benzene rings is 2. The summed E-state index contributed by atoms with van der Waals surface area (Å²) in [6.45, 7) is -0.299. The summed E-state index contributed by atoms with van der Waals surface area (Å²) < 4.78 is 44.4. The summed E-state index contributed by atoms with van der Waals surface area (Å²) >= 11 is 7.07. The van der Waals surface area contributed by atoms with Crippen molar-refractivity contribution in [3.63, 3.8) is 0 Å². The minimum absolute atomic E-state index is 0.0688. The van der Waals surface area contributed by atoms with Crippen LogP contribution < -0.4 is 15.4 Å². The molecule has 1 unspecified atom stereocenters. The number of anilines is 1. The van der Waals surface area contributed by atoms with Crippen LogP contribution in [0.3, 0.4) is 0 Å². The van der Waals surface area contributed by atoms with E-state index in [-0.39, 0.29) is 12.3 Å². The van der Waals surface area contributed by atoms with Crippen molar-refractivity contribution in [3.05, 3.63) is 59.1 Å². The lowest BCUT2D eigenvalue weighted by Crippen LogP contribution is -2.45.